The number of aryl methyl sites for hydroxylation is 1. The molecule has 2 aromatic heterocycles. The zero-order valence-electron chi connectivity index (χ0n) is 16.2. The van der Waals surface area contributed by atoms with E-state index in [1.54, 1.807) is 33.8 Å². The fourth-order valence-electron chi connectivity index (χ4n) is 2.59. The molecule has 0 saturated heterocycles. The Balaban J connectivity index is 1.97. The summed E-state index contributed by atoms with van der Waals surface area (Å²) >= 11 is 0. The van der Waals surface area contributed by atoms with Crippen molar-refractivity contribution in [1.29, 1.82) is 0 Å². The molecule has 0 spiro atoms. The van der Waals surface area contributed by atoms with Crippen LogP contribution in [-0.2, 0) is 9.47 Å². The van der Waals surface area contributed by atoms with E-state index in [0.717, 1.165) is 18.5 Å². The lowest BCUT2D eigenvalue weighted by molar-refractivity contribution is 0.0517. The second kappa shape index (κ2) is 7.02. The molecule has 27 heavy (non-hydrogen) atoms. The lowest BCUT2D eigenvalue weighted by Gasteiger charge is -2.20. The molecule has 1 N–H and O–H groups in total. The van der Waals surface area contributed by atoms with Crippen molar-refractivity contribution in [3.63, 3.8) is 0 Å². The van der Waals surface area contributed by atoms with Gasteiger partial charge in [-0.1, -0.05) is 0 Å². The van der Waals surface area contributed by atoms with Crippen LogP contribution >= 0.6 is 0 Å². The number of esters is 1. The van der Waals surface area contributed by atoms with Crippen molar-refractivity contribution in [2.75, 3.05) is 12.4 Å². The summed E-state index contributed by atoms with van der Waals surface area (Å²) in [4.78, 5) is 28.9. The van der Waals surface area contributed by atoms with Crippen LogP contribution in [0.3, 0.4) is 0 Å². The van der Waals surface area contributed by atoms with Crippen LogP contribution in [0.1, 0.15) is 61.3 Å². The lowest BCUT2D eigenvalue weighted by atomic mass is 10.2. The summed E-state index contributed by atoms with van der Waals surface area (Å²) in [5.41, 5.74) is 1.61. The Bertz CT molecular complexity index is 878. The van der Waals surface area contributed by atoms with E-state index in [1.807, 2.05) is 6.07 Å². The van der Waals surface area contributed by atoms with Crippen molar-refractivity contribution in [2.24, 2.45) is 0 Å². The normalized spacial score (nSPS) is 14.0. The summed E-state index contributed by atoms with van der Waals surface area (Å²) in [6.07, 6.45) is 3.04. The molecule has 144 valence electrons. The minimum Gasteiger partial charge on any atom is -0.465 e. The van der Waals surface area contributed by atoms with Crippen LogP contribution in [0, 0.1) is 6.92 Å². The molecular weight excluding hydrogens is 348 g/mol. The molecule has 0 radical (unpaired) electrons. The standard InChI is InChI=1S/C19H24N4O4/c1-11-8-13(17(24)26-5)15(10-20-11)21-16-9-14(12-6-7-12)22-23(16)18(25)27-19(2,3)4/h8-10,12,21H,6-7H2,1-5H3. The van der Waals surface area contributed by atoms with Crippen molar-refractivity contribution < 1.29 is 19.1 Å². The third kappa shape index (κ3) is 4.45. The number of pyridine rings is 1. The second-order valence-corrected chi connectivity index (χ2v) is 7.61. The lowest BCUT2D eigenvalue weighted by Crippen LogP contribution is -2.28. The number of aromatic nitrogens is 3. The van der Waals surface area contributed by atoms with Gasteiger partial charge < -0.3 is 14.8 Å². The fraction of sp³-hybridized carbons (Fsp3) is 0.474. The monoisotopic (exact) mass is 372 g/mol. The molecule has 8 nitrogen and oxygen atoms in total. The minimum atomic E-state index is -0.650. The average Bonchev–Trinajstić information content (AvgIpc) is 3.35. The maximum Gasteiger partial charge on any atom is 0.437 e. The highest BCUT2D eigenvalue weighted by atomic mass is 16.6. The molecule has 1 saturated carbocycles. The van der Waals surface area contributed by atoms with E-state index in [-0.39, 0.29) is 0 Å². The van der Waals surface area contributed by atoms with Crippen LogP contribution in [0.25, 0.3) is 0 Å². The third-order valence-electron chi connectivity index (χ3n) is 4.00. The molecule has 0 amide bonds. The highest BCUT2D eigenvalue weighted by Crippen LogP contribution is 2.40. The molecule has 0 unspecified atom stereocenters. The summed E-state index contributed by atoms with van der Waals surface area (Å²) in [6.45, 7) is 7.17. The average molecular weight is 372 g/mol. The Hall–Kier alpha value is -2.90. The molecule has 3 rings (SSSR count). The fourth-order valence-corrected chi connectivity index (χ4v) is 2.59. The van der Waals surface area contributed by atoms with Gasteiger partial charge in [-0.15, -0.1) is 4.68 Å². The number of anilines is 2. The smallest absolute Gasteiger partial charge is 0.437 e. The molecule has 8 heteroatoms. The summed E-state index contributed by atoms with van der Waals surface area (Å²) in [7, 11) is 1.32. The van der Waals surface area contributed by atoms with Gasteiger partial charge in [0.05, 0.1) is 30.3 Å². The highest BCUT2D eigenvalue weighted by molar-refractivity contribution is 5.96. The first-order valence-corrected chi connectivity index (χ1v) is 8.83. The zero-order valence-corrected chi connectivity index (χ0v) is 16.2. The van der Waals surface area contributed by atoms with Crippen LogP contribution in [0.15, 0.2) is 18.3 Å². The Labute approximate surface area is 157 Å². The maximum absolute atomic E-state index is 12.6. The molecule has 0 atom stereocenters. The van der Waals surface area contributed by atoms with Gasteiger partial charge in [-0.3, -0.25) is 4.98 Å². The number of nitrogens with zero attached hydrogens (tertiary/aromatic N) is 3. The number of ether oxygens (including phenoxy) is 2. The van der Waals surface area contributed by atoms with E-state index in [4.69, 9.17) is 9.47 Å². The molecule has 1 aliphatic carbocycles. The number of hydrogen-bond acceptors (Lipinski definition) is 7. The van der Waals surface area contributed by atoms with E-state index in [1.165, 1.54) is 18.0 Å². The van der Waals surface area contributed by atoms with Gasteiger partial charge >= 0.3 is 12.1 Å². The van der Waals surface area contributed by atoms with E-state index in [2.05, 4.69) is 15.4 Å². The molecule has 1 fully saturated rings. The summed E-state index contributed by atoms with van der Waals surface area (Å²) < 4.78 is 11.5. The van der Waals surface area contributed by atoms with Gasteiger partial charge in [0, 0.05) is 17.7 Å². The van der Waals surface area contributed by atoms with Crippen molar-refractivity contribution in [3.05, 3.63) is 35.3 Å². The molecule has 0 aromatic carbocycles. The van der Waals surface area contributed by atoms with E-state index >= 15 is 0 Å². The van der Waals surface area contributed by atoms with Gasteiger partial charge in [0.25, 0.3) is 0 Å². The first kappa shape index (κ1) is 18.9. The third-order valence-corrected chi connectivity index (χ3v) is 4.00. The number of nitrogens with one attached hydrogen (secondary N) is 1. The highest BCUT2D eigenvalue weighted by Gasteiger charge is 2.30. The van der Waals surface area contributed by atoms with Gasteiger partial charge in [0.2, 0.25) is 0 Å². The minimum absolute atomic E-state index is 0.329. The number of carbonyl (C=O) groups excluding carboxylic acids is 2. The molecule has 1 aliphatic rings. The topological polar surface area (TPSA) is 95.3 Å². The Kier molecular flexibility index (Phi) is 4.91. The van der Waals surface area contributed by atoms with E-state index < -0.39 is 17.7 Å². The number of methoxy groups -OCH3 is 1. The predicted molar refractivity (Wildman–Crippen MR) is 99.4 cm³/mol. The van der Waals surface area contributed by atoms with Gasteiger partial charge in [0.1, 0.15) is 11.4 Å². The van der Waals surface area contributed by atoms with Gasteiger partial charge in [-0.25, -0.2) is 9.59 Å². The first-order valence-electron chi connectivity index (χ1n) is 8.83. The Morgan fingerprint density at radius 2 is 1.96 bits per heavy atom. The number of carbonyl (C=O) groups is 2. The quantitative estimate of drug-likeness (QED) is 0.816. The molecule has 0 bridgehead atoms. The summed E-state index contributed by atoms with van der Waals surface area (Å²) in [5.74, 6) is 0.279. The predicted octanol–water partition coefficient (Wildman–Crippen LogP) is 3.78. The first-order chi connectivity index (χ1) is 12.7. The molecule has 2 heterocycles. The van der Waals surface area contributed by atoms with Crippen molar-refractivity contribution in [2.45, 2.75) is 52.1 Å². The van der Waals surface area contributed by atoms with Crippen LogP contribution in [0.5, 0.6) is 0 Å². The Morgan fingerprint density at radius 1 is 1.26 bits per heavy atom. The summed E-state index contributed by atoms with van der Waals surface area (Å²) in [6, 6.07) is 3.44. The largest absolute Gasteiger partial charge is 0.465 e. The van der Waals surface area contributed by atoms with Gasteiger partial charge in [-0.05, 0) is 46.6 Å². The summed E-state index contributed by atoms with van der Waals surface area (Å²) in [5, 5.41) is 7.50. The molecular formula is C19H24N4O4. The Morgan fingerprint density at radius 3 is 2.56 bits per heavy atom. The van der Waals surface area contributed by atoms with Gasteiger partial charge in [0.15, 0.2) is 0 Å². The van der Waals surface area contributed by atoms with Crippen molar-refractivity contribution in [3.8, 4) is 0 Å². The van der Waals surface area contributed by atoms with Crippen LogP contribution < -0.4 is 5.32 Å². The van der Waals surface area contributed by atoms with Crippen LogP contribution in [-0.4, -0.2) is 39.5 Å². The number of rotatable bonds is 4. The van der Waals surface area contributed by atoms with E-state index in [0.29, 0.717) is 28.7 Å². The maximum atomic E-state index is 12.6. The number of hydrogen-bond donors (Lipinski definition) is 1. The molecule has 2 aromatic rings. The van der Waals surface area contributed by atoms with Gasteiger partial charge in [-0.2, -0.15) is 5.10 Å². The molecule has 0 aliphatic heterocycles. The van der Waals surface area contributed by atoms with E-state index in [9.17, 15) is 9.59 Å². The zero-order chi connectivity index (χ0) is 19.8. The SMILES string of the molecule is COC(=O)c1cc(C)ncc1Nc1cc(C2CC2)nn1C(=O)OC(C)(C)C. The van der Waals surface area contributed by atoms with Crippen LogP contribution in [0.4, 0.5) is 16.3 Å². The van der Waals surface area contributed by atoms with Crippen molar-refractivity contribution in [1.82, 2.24) is 14.8 Å². The van der Waals surface area contributed by atoms with Crippen molar-refractivity contribution >= 4 is 23.6 Å². The second-order valence-electron chi connectivity index (χ2n) is 7.61. The van der Waals surface area contributed by atoms with Crippen LogP contribution in [0.2, 0.25) is 0 Å².